The molecule has 0 atom stereocenters. The molecule has 0 spiro atoms. The number of halogens is 1. The van der Waals surface area contributed by atoms with Gasteiger partial charge in [-0.05, 0) is 48.0 Å². The Morgan fingerprint density at radius 3 is 2.56 bits per heavy atom. The number of nitrogens with zero attached hydrogens (tertiary/aromatic N) is 1. The van der Waals surface area contributed by atoms with Crippen LogP contribution in [0.5, 0.6) is 0 Å². The first-order valence-electron chi connectivity index (χ1n) is 8.07. The van der Waals surface area contributed by atoms with Crippen LogP contribution in [-0.4, -0.2) is 22.0 Å². The number of carboxylic acids is 1. The molecule has 3 rings (SSSR count). The zero-order valence-electron chi connectivity index (χ0n) is 14.1. The van der Waals surface area contributed by atoms with E-state index in [9.17, 15) is 9.59 Å². The minimum absolute atomic E-state index is 0.263. The zero-order chi connectivity index (χ0) is 19.2. The van der Waals surface area contributed by atoms with Gasteiger partial charge in [-0.25, -0.2) is 9.78 Å². The summed E-state index contributed by atoms with van der Waals surface area (Å²) in [5.74, 6) is -1.40. The molecule has 0 unspecified atom stereocenters. The highest BCUT2D eigenvalue weighted by Crippen LogP contribution is 2.21. The summed E-state index contributed by atoms with van der Waals surface area (Å²) in [4.78, 5) is 27.5. The second kappa shape index (κ2) is 8.29. The van der Waals surface area contributed by atoms with Crippen LogP contribution < -0.4 is 5.32 Å². The molecule has 6 heteroatoms. The van der Waals surface area contributed by atoms with Gasteiger partial charge in [0.15, 0.2) is 0 Å². The van der Waals surface area contributed by atoms with Crippen LogP contribution in [0.15, 0.2) is 72.8 Å². The van der Waals surface area contributed by atoms with Gasteiger partial charge in [-0.2, -0.15) is 0 Å². The number of hydrogen-bond acceptors (Lipinski definition) is 3. The Hall–Kier alpha value is -3.44. The number of carbonyl (C=O) groups is 2. The molecule has 5 nitrogen and oxygen atoms in total. The summed E-state index contributed by atoms with van der Waals surface area (Å²) in [6.45, 7) is 0. The Bertz CT molecular complexity index is 1030. The average molecular weight is 379 g/mol. The Labute approximate surface area is 161 Å². The molecule has 0 saturated heterocycles. The molecule has 0 fully saturated rings. The Balaban J connectivity index is 1.80. The summed E-state index contributed by atoms with van der Waals surface area (Å²) in [5.41, 5.74) is 2.93. The number of aliphatic carboxylic acids is 1. The van der Waals surface area contributed by atoms with Gasteiger partial charge in [0.05, 0.1) is 5.69 Å². The predicted octanol–water partition coefficient (Wildman–Crippen LogP) is 4.75. The summed E-state index contributed by atoms with van der Waals surface area (Å²) in [5, 5.41) is 12.1. The average Bonchev–Trinajstić information content (AvgIpc) is 2.67. The summed E-state index contributed by atoms with van der Waals surface area (Å²) in [7, 11) is 0. The molecule has 134 valence electrons. The Kier molecular flexibility index (Phi) is 5.64. The molecule has 3 aromatic rings. The smallest absolute Gasteiger partial charge is 0.328 e. The third-order valence-corrected chi connectivity index (χ3v) is 3.90. The first-order chi connectivity index (χ1) is 13.0. The Morgan fingerprint density at radius 2 is 1.78 bits per heavy atom. The molecule has 2 N–H and O–H groups in total. The van der Waals surface area contributed by atoms with Gasteiger partial charge in [-0.1, -0.05) is 41.9 Å². The lowest BCUT2D eigenvalue weighted by molar-refractivity contribution is -0.131. The summed E-state index contributed by atoms with van der Waals surface area (Å²) in [6, 6.07) is 19.3. The number of anilines is 1. The molecule has 0 aliphatic carbocycles. The van der Waals surface area contributed by atoms with Crippen molar-refractivity contribution >= 4 is 35.2 Å². The molecule has 0 aliphatic rings. The summed E-state index contributed by atoms with van der Waals surface area (Å²) < 4.78 is 0. The molecular formula is C21H15ClN2O3. The molecule has 1 amide bonds. The highest BCUT2D eigenvalue weighted by Gasteiger charge is 2.10. The van der Waals surface area contributed by atoms with Gasteiger partial charge in [0.1, 0.15) is 5.69 Å². The van der Waals surface area contributed by atoms with E-state index in [2.05, 4.69) is 10.3 Å². The van der Waals surface area contributed by atoms with Crippen LogP contribution >= 0.6 is 11.6 Å². The van der Waals surface area contributed by atoms with Crippen molar-refractivity contribution in [1.82, 2.24) is 4.98 Å². The van der Waals surface area contributed by atoms with Crippen molar-refractivity contribution in [2.45, 2.75) is 0 Å². The number of benzene rings is 2. The van der Waals surface area contributed by atoms with Crippen molar-refractivity contribution in [3.8, 4) is 11.3 Å². The maximum Gasteiger partial charge on any atom is 0.328 e. The second-order valence-electron chi connectivity index (χ2n) is 5.67. The van der Waals surface area contributed by atoms with E-state index >= 15 is 0 Å². The number of pyridine rings is 1. The maximum atomic E-state index is 12.5. The maximum absolute atomic E-state index is 12.5. The molecule has 0 bridgehead atoms. The van der Waals surface area contributed by atoms with Crippen LogP contribution in [0.1, 0.15) is 16.1 Å². The highest BCUT2D eigenvalue weighted by atomic mass is 35.5. The second-order valence-corrected chi connectivity index (χ2v) is 6.11. The van der Waals surface area contributed by atoms with E-state index in [1.54, 1.807) is 54.6 Å². The van der Waals surface area contributed by atoms with Crippen LogP contribution in [0.25, 0.3) is 17.3 Å². The van der Waals surface area contributed by atoms with Crippen molar-refractivity contribution in [2.75, 3.05) is 5.32 Å². The lowest BCUT2D eigenvalue weighted by Crippen LogP contribution is -2.13. The number of nitrogens with one attached hydrogen (secondary N) is 1. The van der Waals surface area contributed by atoms with Crippen molar-refractivity contribution in [3.63, 3.8) is 0 Å². The largest absolute Gasteiger partial charge is 0.478 e. The van der Waals surface area contributed by atoms with Crippen LogP contribution in [0, 0.1) is 0 Å². The van der Waals surface area contributed by atoms with E-state index in [0.29, 0.717) is 22.0 Å². The number of amides is 1. The normalized spacial score (nSPS) is 10.7. The fourth-order valence-corrected chi connectivity index (χ4v) is 2.64. The molecule has 2 aromatic carbocycles. The van der Waals surface area contributed by atoms with Gasteiger partial charge in [-0.15, -0.1) is 0 Å². The quantitative estimate of drug-likeness (QED) is 0.628. The van der Waals surface area contributed by atoms with Crippen molar-refractivity contribution in [1.29, 1.82) is 0 Å². The molecule has 0 aliphatic heterocycles. The molecule has 0 radical (unpaired) electrons. The fraction of sp³-hybridized carbons (Fsp3) is 0. The van der Waals surface area contributed by atoms with Crippen LogP contribution in [-0.2, 0) is 4.79 Å². The minimum Gasteiger partial charge on any atom is -0.478 e. The highest BCUT2D eigenvalue weighted by molar-refractivity contribution is 6.30. The number of aromatic nitrogens is 1. The predicted molar refractivity (Wildman–Crippen MR) is 106 cm³/mol. The molecule has 0 saturated carbocycles. The lowest BCUT2D eigenvalue weighted by Gasteiger charge is -2.07. The molecule has 27 heavy (non-hydrogen) atoms. The number of hydrogen-bond donors (Lipinski definition) is 2. The summed E-state index contributed by atoms with van der Waals surface area (Å²) >= 11 is 6.02. The van der Waals surface area contributed by atoms with Gasteiger partial charge in [0.25, 0.3) is 5.91 Å². The van der Waals surface area contributed by atoms with E-state index in [1.165, 1.54) is 6.08 Å². The fourth-order valence-electron chi connectivity index (χ4n) is 2.45. The minimum atomic E-state index is -1.04. The van der Waals surface area contributed by atoms with Crippen molar-refractivity contribution < 1.29 is 14.7 Å². The lowest BCUT2D eigenvalue weighted by atomic mass is 10.1. The SMILES string of the molecule is O=C(O)C=Cc1cccc(NC(=O)c2cccc(-c3cccc(Cl)c3)n2)c1. The molecule has 1 heterocycles. The van der Waals surface area contributed by atoms with E-state index in [1.807, 2.05) is 12.1 Å². The van der Waals surface area contributed by atoms with E-state index in [0.717, 1.165) is 11.6 Å². The van der Waals surface area contributed by atoms with E-state index < -0.39 is 5.97 Å². The van der Waals surface area contributed by atoms with Crippen LogP contribution in [0.4, 0.5) is 5.69 Å². The van der Waals surface area contributed by atoms with E-state index in [4.69, 9.17) is 16.7 Å². The number of carboxylic acid groups (broad SMARTS) is 1. The molecular weight excluding hydrogens is 364 g/mol. The first-order valence-corrected chi connectivity index (χ1v) is 8.44. The van der Waals surface area contributed by atoms with Gasteiger partial charge < -0.3 is 10.4 Å². The van der Waals surface area contributed by atoms with Crippen LogP contribution in [0.2, 0.25) is 5.02 Å². The zero-order valence-corrected chi connectivity index (χ0v) is 14.9. The summed E-state index contributed by atoms with van der Waals surface area (Å²) in [6.07, 6.45) is 2.49. The van der Waals surface area contributed by atoms with Crippen molar-refractivity contribution in [2.24, 2.45) is 0 Å². The standard InChI is InChI=1S/C21H15ClN2O3/c22-16-6-2-5-15(13-16)18-8-3-9-19(24-18)21(27)23-17-7-1-4-14(12-17)10-11-20(25)26/h1-13H,(H,23,27)(H,25,26). The van der Waals surface area contributed by atoms with Gasteiger partial charge in [0.2, 0.25) is 0 Å². The van der Waals surface area contributed by atoms with Crippen molar-refractivity contribution in [3.05, 3.63) is 89.1 Å². The van der Waals surface area contributed by atoms with Gasteiger partial charge in [-0.3, -0.25) is 4.79 Å². The monoisotopic (exact) mass is 378 g/mol. The van der Waals surface area contributed by atoms with Gasteiger partial charge >= 0.3 is 5.97 Å². The number of carbonyl (C=O) groups excluding carboxylic acids is 1. The van der Waals surface area contributed by atoms with E-state index in [-0.39, 0.29) is 11.6 Å². The van der Waals surface area contributed by atoms with Crippen LogP contribution in [0.3, 0.4) is 0 Å². The Morgan fingerprint density at radius 1 is 1.00 bits per heavy atom. The first kappa shape index (κ1) is 18.4. The number of rotatable bonds is 5. The van der Waals surface area contributed by atoms with Gasteiger partial charge in [0, 0.05) is 22.3 Å². The third kappa shape index (κ3) is 5.03. The topological polar surface area (TPSA) is 79.3 Å². The molecule has 1 aromatic heterocycles. The third-order valence-electron chi connectivity index (χ3n) is 3.66.